The van der Waals surface area contributed by atoms with E-state index >= 15 is 0 Å². The van der Waals surface area contributed by atoms with Gasteiger partial charge in [0.1, 0.15) is 11.3 Å². The number of halogens is 1. The molecule has 0 amide bonds. The summed E-state index contributed by atoms with van der Waals surface area (Å²) in [4.78, 5) is 10.6. The first-order valence-electron chi connectivity index (χ1n) is 3.41. The average molecular weight is 247 g/mol. The Balaban J connectivity index is 3.35. The molecule has 3 N–H and O–H groups in total. The van der Waals surface area contributed by atoms with Gasteiger partial charge in [0.25, 0.3) is 0 Å². The Morgan fingerprint density at radius 3 is 2.54 bits per heavy atom. The van der Waals surface area contributed by atoms with Crippen molar-refractivity contribution >= 4 is 21.9 Å². The van der Waals surface area contributed by atoms with E-state index in [1.54, 1.807) is 0 Å². The molecule has 0 saturated heterocycles. The molecule has 0 atom stereocenters. The second-order valence-corrected chi connectivity index (χ2v) is 3.34. The summed E-state index contributed by atoms with van der Waals surface area (Å²) < 4.78 is 0.506. The van der Waals surface area contributed by atoms with Crippen molar-refractivity contribution in [2.75, 3.05) is 0 Å². The molecule has 1 aromatic carbocycles. The number of phenols is 1. The fourth-order valence-electron chi connectivity index (χ4n) is 0.939. The van der Waals surface area contributed by atoms with Crippen LogP contribution in [0.25, 0.3) is 0 Å². The van der Waals surface area contributed by atoms with Crippen LogP contribution in [0.15, 0.2) is 16.6 Å². The van der Waals surface area contributed by atoms with Gasteiger partial charge in [-0.25, -0.2) is 4.79 Å². The van der Waals surface area contributed by atoms with Gasteiger partial charge in [0.15, 0.2) is 0 Å². The number of aromatic carboxylic acids is 1. The Bertz CT molecular complexity index is 348. The van der Waals surface area contributed by atoms with E-state index in [9.17, 15) is 9.90 Å². The van der Waals surface area contributed by atoms with Crippen molar-refractivity contribution in [3.8, 4) is 5.75 Å². The molecular formula is C8H7BrO4. The van der Waals surface area contributed by atoms with Gasteiger partial charge in [-0.2, -0.15) is 0 Å². The van der Waals surface area contributed by atoms with Crippen LogP contribution in [0.3, 0.4) is 0 Å². The van der Waals surface area contributed by atoms with E-state index in [2.05, 4.69) is 15.9 Å². The molecule has 4 nitrogen and oxygen atoms in total. The lowest BCUT2D eigenvalue weighted by Crippen LogP contribution is -1.99. The van der Waals surface area contributed by atoms with Crippen LogP contribution in [0.2, 0.25) is 0 Å². The highest BCUT2D eigenvalue weighted by atomic mass is 79.9. The third kappa shape index (κ3) is 1.99. The Hall–Kier alpha value is -1.07. The van der Waals surface area contributed by atoms with Crippen LogP contribution in [0.1, 0.15) is 15.9 Å². The van der Waals surface area contributed by atoms with Crippen LogP contribution in [0, 0.1) is 0 Å². The molecule has 0 radical (unpaired) electrons. The largest absolute Gasteiger partial charge is 0.507 e. The smallest absolute Gasteiger partial charge is 0.339 e. The number of aliphatic hydroxyl groups excluding tert-OH is 1. The number of benzene rings is 1. The van der Waals surface area contributed by atoms with Gasteiger partial charge in [-0.1, -0.05) is 15.9 Å². The fourth-order valence-corrected chi connectivity index (χ4v) is 1.44. The highest BCUT2D eigenvalue weighted by Gasteiger charge is 2.13. The summed E-state index contributed by atoms with van der Waals surface area (Å²) in [6.07, 6.45) is 0. The van der Waals surface area contributed by atoms with Crippen LogP contribution in [0.5, 0.6) is 5.75 Å². The summed E-state index contributed by atoms with van der Waals surface area (Å²) in [5, 5.41) is 26.7. The molecular weight excluding hydrogens is 240 g/mol. The topological polar surface area (TPSA) is 77.8 Å². The summed E-state index contributed by atoms with van der Waals surface area (Å²) in [6.45, 7) is -0.397. The van der Waals surface area contributed by atoms with Crippen molar-refractivity contribution in [2.24, 2.45) is 0 Å². The Labute approximate surface area is 82.6 Å². The Morgan fingerprint density at radius 1 is 1.46 bits per heavy atom. The van der Waals surface area contributed by atoms with E-state index in [0.717, 1.165) is 0 Å². The van der Waals surface area contributed by atoms with Crippen molar-refractivity contribution in [1.82, 2.24) is 0 Å². The molecule has 70 valence electrons. The molecule has 1 rings (SSSR count). The summed E-state index contributed by atoms with van der Waals surface area (Å²) in [5.74, 6) is -1.62. The second-order valence-electron chi connectivity index (χ2n) is 2.42. The summed E-state index contributed by atoms with van der Waals surface area (Å²) in [6, 6.07) is 2.73. The lowest BCUT2D eigenvalue weighted by molar-refractivity contribution is 0.0693. The average Bonchev–Trinajstić information content (AvgIpc) is 2.08. The third-order valence-corrected chi connectivity index (χ3v) is 2.01. The van der Waals surface area contributed by atoms with E-state index < -0.39 is 18.3 Å². The summed E-state index contributed by atoms with van der Waals surface area (Å²) in [7, 11) is 0. The van der Waals surface area contributed by atoms with Gasteiger partial charge in [0.2, 0.25) is 0 Å². The first-order chi connectivity index (χ1) is 6.06. The molecule has 0 aliphatic carbocycles. The van der Waals surface area contributed by atoms with Crippen LogP contribution in [0.4, 0.5) is 0 Å². The molecule has 0 spiro atoms. The quantitative estimate of drug-likeness (QED) is 0.736. The zero-order chi connectivity index (χ0) is 10.0. The summed E-state index contributed by atoms with van der Waals surface area (Å²) in [5.41, 5.74) is -0.0369. The molecule has 0 fully saturated rings. The Kier molecular flexibility index (Phi) is 2.90. The minimum Gasteiger partial charge on any atom is -0.507 e. The molecule has 0 aliphatic heterocycles. The van der Waals surface area contributed by atoms with Crippen molar-refractivity contribution < 1.29 is 20.1 Å². The lowest BCUT2D eigenvalue weighted by atomic mass is 10.1. The molecule has 1 aromatic rings. The van der Waals surface area contributed by atoms with Gasteiger partial charge >= 0.3 is 5.97 Å². The van der Waals surface area contributed by atoms with Gasteiger partial charge in [-0.05, 0) is 12.1 Å². The molecule has 0 aliphatic rings. The van der Waals surface area contributed by atoms with E-state index in [4.69, 9.17) is 10.2 Å². The fraction of sp³-hybridized carbons (Fsp3) is 0.125. The molecule has 5 heteroatoms. The Morgan fingerprint density at radius 2 is 2.08 bits per heavy atom. The number of carboxylic acids is 1. The van der Waals surface area contributed by atoms with Gasteiger partial charge < -0.3 is 15.3 Å². The predicted molar refractivity (Wildman–Crippen MR) is 48.7 cm³/mol. The standard InChI is InChI=1S/C8H7BrO4/c9-5-1-4(3-10)7(11)6(2-5)8(12)13/h1-2,10-11H,3H2,(H,12,13). The SMILES string of the molecule is O=C(O)c1cc(Br)cc(CO)c1O. The van der Waals surface area contributed by atoms with Crippen molar-refractivity contribution in [3.05, 3.63) is 27.7 Å². The maximum Gasteiger partial charge on any atom is 0.339 e. The van der Waals surface area contributed by atoms with Gasteiger partial charge in [0, 0.05) is 10.0 Å². The van der Waals surface area contributed by atoms with E-state index in [1.165, 1.54) is 12.1 Å². The molecule has 13 heavy (non-hydrogen) atoms. The van der Waals surface area contributed by atoms with Crippen LogP contribution in [-0.2, 0) is 6.61 Å². The number of carboxylic acid groups (broad SMARTS) is 1. The van der Waals surface area contributed by atoms with Crippen molar-refractivity contribution in [3.63, 3.8) is 0 Å². The minimum absolute atomic E-state index is 0.187. The number of carbonyl (C=O) groups is 1. The first-order valence-corrected chi connectivity index (χ1v) is 4.21. The molecule has 0 aromatic heterocycles. The van der Waals surface area contributed by atoms with E-state index in [1.807, 2.05) is 0 Å². The molecule has 0 bridgehead atoms. The maximum atomic E-state index is 10.6. The zero-order valence-electron chi connectivity index (χ0n) is 6.49. The van der Waals surface area contributed by atoms with E-state index in [0.29, 0.717) is 4.47 Å². The zero-order valence-corrected chi connectivity index (χ0v) is 8.08. The lowest BCUT2D eigenvalue weighted by Gasteiger charge is -2.05. The third-order valence-electron chi connectivity index (χ3n) is 1.55. The number of hydrogen-bond acceptors (Lipinski definition) is 3. The number of aromatic hydroxyl groups is 1. The van der Waals surface area contributed by atoms with E-state index in [-0.39, 0.29) is 11.1 Å². The van der Waals surface area contributed by atoms with Crippen LogP contribution < -0.4 is 0 Å². The minimum atomic E-state index is -1.23. The summed E-state index contributed by atoms with van der Waals surface area (Å²) >= 11 is 3.07. The second kappa shape index (κ2) is 3.76. The van der Waals surface area contributed by atoms with Gasteiger partial charge in [-0.3, -0.25) is 0 Å². The van der Waals surface area contributed by atoms with Crippen LogP contribution >= 0.6 is 15.9 Å². The van der Waals surface area contributed by atoms with Crippen LogP contribution in [-0.4, -0.2) is 21.3 Å². The number of rotatable bonds is 2. The van der Waals surface area contributed by atoms with Gasteiger partial charge in [0.05, 0.1) is 6.61 Å². The number of aliphatic hydroxyl groups is 1. The number of hydrogen-bond donors (Lipinski definition) is 3. The molecule has 0 unspecified atom stereocenters. The first kappa shape index (κ1) is 10.0. The molecule has 0 heterocycles. The highest BCUT2D eigenvalue weighted by molar-refractivity contribution is 9.10. The highest BCUT2D eigenvalue weighted by Crippen LogP contribution is 2.27. The normalized spacial score (nSPS) is 10.0. The maximum absolute atomic E-state index is 10.6. The molecule has 0 saturated carbocycles. The van der Waals surface area contributed by atoms with Crippen molar-refractivity contribution in [1.29, 1.82) is 0 Å². The van der Waals surface area contributed by atoms with Gasteiger partial charge in [-0.15, -0.1) is 0 Å². The predicted octanol–water partition coefficient (Wildman–Crippen LogP) is 1.35. The van der Waals surface area contributed by atoms with Crippen molar-refractivity contribution in [2.45, 2.75) is 6.61 Å². The monoisotopic (exact) mass is 246 g/mol.